The fourth-order valence-electron chi connectivity index (χ4n) is 1.92. The molecule has 0 unspecified atom stereocenters. The maximum atomic E-state index is 11.5. The van der Waals surface area contributed by atoms with Crippen molar-refractivity contribution in [2.45, 2.75) is 38.6 Å². The molecule has 1 aliphatic heterocycles. The molecular weight excluding hydrogens is 256 g/mol. The van der Waals surface area contributed by atoms with Crippen LogP contribution < -0.4 is 5.32 Å². The van der Waals surface area contributed by atoms with E-state index in [2.05, 4.69) is 5.32 Å². The van der Waals surface area contributed by atoms with E-state index in [4.69, 9.17) is 0 Å². The lowest BCUT2D eigenvalue weighted by atomic mass is 10.1. The molecule has 18 heavy (non-hydrogen) atoms. The smallest absolute Gasteiger partial charge is 0.220 e. The van der Waals surface area contributed by atoms with Crippen LogP contribution in [-0.4, -0.2) is 49.8 Å². The highest BCUT2D eigenvalue weighted by Crippen LogP contribution is 2.13. The molecule has 7 heteroatoms. The molecular formula is C11H20N2O4S. The summed E-state index contributed by atoms with van der Waals surface area (Å²) in [7, 11) is -3.12. The average molecular weight is 276 g/mol. The molecule has 0 bridgehead atoms. The highest BCUT2D eigenvalue weighted by atomic mass is 32.2. The van der Waals surface area contributed by atoms with Gasteiger partial charge in [0, 0.05) is 32.0 Å². The van der Waals surface area contributed by atoms with Gasteiger partial charge in [0.2, 0.25) is 15.9 Å². The van der Waals surface area contributed by atoms with Crippen molar-refractivity contribution < 1.29 is 18.0 Å². The molecule has 1 aliphatic rings. The van der Waals surface area contributed by atoms with Crippen LogP contribution >= 0.6 is 0 Å². The van der Waals surface area contributed by atoms with Crippen LogP contribution in [0.4, 0.5) is 0 Å². The van der Waals surface area contributed by atoms with Crippen molar-refractivity contribution in [2.75, 3.05) is 19.3 Å². The van der Waals surface area contributed by atoms with Crippen LogP contribution in [0.25, 0.3) is 0 Å². The Labute approximate surface area is 108 Å². The van der Waals surface area contributed by atoms with Gasteiger partial charge in [0.1, 0.15) is 5.78 Å². The number of nitrogens with zero attached hydrogens (tertiary/aromatic N) is 1. The summed E-state index contributed by atoms with van der Waals surface area (Å²) in [5, 5.41) is 2.83. The van der Waals surface area contributed by atoms with Crippen LogP contribution in [0.2, 0.25) is 0 Å². The van der Waals surface area contributed by atoms with E-state index in [0.29, 0.717) is 25.9 Å². The number of Topliss-reactive ketones (excluding diaryl/α,β-unsaturated/α-hetero) is 1. The number of rotatable bonds is 5. The lowest BCUT2D eigenvalue weighted by molar-refractivity contribution is -0.125. The monoisotopic (exact) mass is 276 g/mol. The summed E-state index contributed by atoms with van der Waals surface area (Å²) in [5.74, 6) is -0.139. The Kier molecular flexibility index (Phi) is 5.28. The van der Waals surface area contributed by atoms with Crippen molar-refractivity contribution in [1.82, 2.24) is 9.62 Å². The Balaban J connectivity index is 2.31. The number of carbonyl (C=O) groups is 2. The maximum absolute atomic E-state index is 11.5. The van der Waals surface area contributed by atoms with Gasteiger partial charge in [0.25, 0.3) is 0 Å². The molecule has 0 atom stereocenters. The number of amides is 1. The summed E-state index contributed by atoms with van der Waals surface area (Å²) >= 11 is 0. The van der Waals surface area contributed by atoms with Gasteiger partial charge in [-0.25, -0.2) is 12.7 Å². The second kappa shape index (κ2) is 6.29. The van der Waals surface area contributed by atoms with Gasteiger partial charge in [-0.2, -0.15) is 0 Å². The topological polar surface area (TPSA) is 83.6 Å². The first kappa shape index (κ1) is 15.1. The summed E-state index contributed by atoms with van der Waals surface area (Å²) in [6.45, 7) is 2.34. The van der Waals surface area contributed by atoms with Crippen LogP contribution in [0.5, 0.6) is 0 Å². The van der Waals surface area contributed by atoms with Crippen LogP contribution in [0.1, 0.15) is 32.6 Å². The molecule has 6 nitrogen and oxygen atoms in total. The normalized spacial score (nSPS) is 18.6. The molecule has 0 aliphatic carbocycles. The predicted molar refractivity (Wildman–Crippen MR) is 67.5 cm³/mol. The van der Waals surface area contributed by atoms with Gasteiger partial charge < -0.3 is 10.1 Å². The van der Waals surface area contributed by atoms with Crippen LogP contribution in [0, 0.1) is 0 Å². The zero-order chi connectivity index (χ0) is 13.8. The number of ketones is 1. The van der Waals surface area contributed by atoms with Gasteiger partial charge in [0.15, 0.2) is 0 Å². The summed E-state index contributed by atoms with van der Waals surface area (Å²) in [6.07, 6.45) is 2.91. The SMILES string of the molecule is CC(=O)CCC(=O)NC1CCN(S(C)(=O)=O)CC1. The molecule has 1 rings (SSSR count). The number of nitrogens with one attached hydrogen (secondary N) is 1. The molecule has 1 heterocycles. The largest absolute Gasteiger partial charge is 0.353 e. The van der Waals surface area contributed by atoms with Crippen molar-refractivity contribution in [3.05, 3.63) is 0 Å². The van der Waals surface area contributed by atoms with E-state index in [0.717, 1.165) is 0 Å². The molecule has 0 radical (unpaired) electrons. The molecule has 0 saturated carbocycles. The third kappa shape index (κ3) is 5.14. The summed E-state index contributed by atoms with van der Waals surface area (Å²) in [4.78, 5) is 22.2. The molecule has 1 saturated heterocycles. The van der Waals surface area contributed by atoms with Gasteiger partial charge in [-0.15, -0.1) is 0 Å². The van der Waals surface area contributed by atoms with Crippen molar-refractivity contribution >= 4 is 21.7 Å². The molecule has 0 aromatic rings. The molecule has 0 spiro atoms. The van der Waals surface area contributed by atoms with Crippen LogP contribution in [0.3, 0.4) is 0 Å². The predicted octanol–water partition coefficient (Wildman–Crippen LogP) is -0.104. The maximum Gasteiger partial charge on any atom is 0.220 e. The molecule has 1 N–H and O–H groups in total. The second-order valence-electron chi connectivity index (χ2n) is 4.71. The molecule has 1 amide bonds. The highest BCUT2D eigenvalue weighted by Gasteiger charge is 2.25. The third-order valence-corrected chi connectivity index (χ3v) is 4.30. The van der Waals surface area contributed by atoms with Crippen molar-refractivity contribution in [2.24, 2.45) is 0 Å². The van der Waals surface area contributed by atoms with Crippen molar-refractivity contribution in [3.63, 3.8) is 0 Å². The van der Waals surface area contributed by atoms with Crippen molar-refractivity contribution in [3.8, 4) is 0 Å². The van der Waals surface area contributed by atoms with E-state index in [9.17, 15) is 18.0 Å². The van der Waals surface area contributed by atoms with Gasteiger partial charge >= 0.3 is 0 Å². The summed E-state index contributed by atoms with van der Waals surface area (Å²) < 4.78 is 24.0. The Morgan fingerprint density at radius 1 is 1.22 bits per heavy atom. The van der Waals surface area contributed by atoms with E-state index in [1.165, 1.54) is 17.5 Å². The lowest BCUT2D eigenvalue weighted by Crippen LogP contribution is -2.46. The molecule has 0 aromatic heterocycles. The minimum atomic E-state index is -3.12. The fraction of sp³-hybridized carbons (Fsp3) is 0.818. The Hall–Kier alpha value is -0.950. The fourth-order valence-corrected chi connectivity index (χ4v) is 2.80. The number of carbonyl (C=O) groups excluding carboxylic acids is 2. The van der Waals surface area contributed by atoms with E-state index in [1.54, 1.807) is 0 Å². The van der Waals surface area contributed by atoms with Gasteiger partial charge in [-0.3, -0.25) is 4.79 Å². The quantitative estimate of drug-likeness (QED) is 0.760. The molecule has 0 aromatic carbocycles. The van der Waals surface area contributed by atoms with E-state index >= 15 is 0 Å². The lowest BCUT2D eigenvalue weighted by Gasteiger charge is -2.30. The Morgan fingerprint density at radius 2 is 1.78 bits per heavy atom. The van der Waals surface area contributed by atoms with E-state index in [1.807, 2.05) is 0 Å². The standard InChI is InChI=1S/C11H20N2O4S/c1-9(14)3-4-11(15)12-10-5-7-13(8-6-10)18(2,16)17/h10H,3-8H2,1-2H3,(H,12,15). The number of hydrogen-bond donors (Lipinski definition) is 1. The second-order valence-corrected chi connectivity index (χ2v) is 6.69. The Bertz CT molecular complexity index is 411. The summed E-state index contributed by atoms with van der Waals surface area (Å²) in [6, 6.07) is 0.0162. The van der Waals surface area contributed by atoms with Crippen LogP contribution in [0.15, 0.2) is 0 Å². The zero-order valence-electron chi connectivity index (χ0n) is 10.8. The first-order chi connectivity index (χ1) is 8.29. The number of sulfonamides is 1. The highest BCUT2D eigenvalue weighted by molar-refractivity contribution is 7.88. The minimum absolute atomic E-state index is 0.00274. The third-order valence-electron chi connectivity index (χ3n) is 2.99. The van der Waals surface area contributed by atoms with Crippen molar-refractivity contribution in [1.29, 1.82) is 0 Å². The molecule has 1 fully saturated rings. The van der Waals surface area contributed by atoms with E-state index < -0.39 is 10.0 Å². The summed E-state index contributed by atoms with van der Waals surface area (Å²) in [5.41, 5.74) is 0. The van der Waals surface area contributed by atoms with Gasteiger partial charge in [-0.1, -0.05) is 0 Å². The zero-order valence-corrected chi connectivity index (χ0v) is 11.6. The number of hydrogen-bond acceptors (Lipinski definition) is 4. The van der Waals surface area contributed by atoms with Crippen LogP contribution in [-0.2, 0) is 19.6 Å². The first-order valence-electron chi connectivity index (χ1n) is 6.03. The van der Waals surface area contributed by atoms with Gasteiger partial charge in [0.05, 0.1) is 6.26 Å². The Morgan fingerprint density at radius 3 is 2.22 bits per heavy atom. The van der Waals surface area contributed by atoms with E-state index in [-0.39, 0.29) is 30.6 Å². The minimum Gasteiger partial charge on any atom is -0.353 e. The first-order valence-corrected chi connectivity index (χ1v) is 7.88. The number of piperidine rings is 1. The van der Waals surface area contributed by atoms with Gasteiger partial charge in [-0.05, 0) is 19.8 Å². The molecule has 104 valence electrons. The average Bonchev–Trinajstić information content (AvgIpc) is 2.26.